The van der Waals surface area contributed by atoms with Gasteiger partial charge in [0.25, 0.3) is 0 Å². The molecule has 0 atom stereocenters. The number of carbonyl (C=O) groups is 2. The summed E-state index contributed by atoms with van der Waals surface area (Å²) in [6.45, 7) is 0. The number of hydrogen-bond acceptors (Lipinski definition) is 4. The summed E-state index contributed by atoms with van der Waals surface area (Å²) in [5, 5.41) is 18.6. The zero-order chi connectivity index (χ0) is 14.9. The molecule has 0 saturated heterocycles. The summed E-state index contributed by atoms with van der Waals surface area (Å²) >= 11 is 0. The average Bonchev–Trinajstić information content (AvgIpc) is 1.71. The highest BCUT2D eigenvalue weighted by atomic mass is 16.4. The van der Waals surface area contributed by atoms with Crippen LogP contribution >= 0.6 is 0 Å². The van der Waals surface area contributed by atoms with E-state index < -0.39 is 18.4 Å². The molecule has 6 heteroatoms. The molecule has 0 fully saturated rings. The molecule has 0 spiro atoms. The van der Waals surface area contributed by atoms with Gasteiger partial charge in [0.05, 0.1) is 56.4 Å². The van der Waals surface area contributed by atoms with Crippen molar-refractivity contribution in [3.8, 4) is 0 Å². The van der Waals surface area contributed by atoms with Gasteiger partial charge in [0, 0.05) is 18.4 Å². The van der Waals surface area contributed by atoms with Crippen molar-refractivity contribution in [2.75, 3.05) is 56.4 Å². The smallest absolute Gasteiger partial charge is 0.0675 e. The van der Waals surface area contributed by atoms with Crippen molar-refractivity contribution < 1.29 is 28.8 Å². The lowest BCUT2D eigenvalue weighted by atomic mass is 10.5. The van der Waals surface area contributed by atoms with Crippen LogP contribution in [0.1, 0.15) is 6.42 Å². The van der Waals surface area contributed by atoms with E-state index in [9.17, 15) is 19.8 Å². The van der Waals surface area contributed by atoms with Gasteiger partial charge in [-0.2, -0.15) is 0 Å². The van der Waals surface area contributed by atoms with Crippen LogP contribution in [0.15, 0.2) is 0 Å². The predicted molar refractivity (Wildman–Crippen MR) is 62.5 cm³/mol. The maximum Gasteiger partial charge on any atom is 0.0675 e. The van der Waals surface area contributed by atoms with Crippen molar-refractivity contribution in [1.82, 2.24) is 0 Å². The Hall–Kier alpha value is -1.14. The second-order valence-corrected chi connectivity index (χ2v) is 6.29. The van der Waals surface area contributed by atoms with Gasteiger partial charge in [-0.15, -0.1) is 0 Å². The van der Waals surface area contributed by atoms with Crippen LogP contribution in [0.25, 0.3) is 0 Å². The van der Waals surface area contributed by atoms with Gasteiger partial charge >= 0.3 is 0 Å². The summed E-state index contributed by atoms with van der Waals surface area (Å²) in [5.74, 6) is -3.25. The highest BCUT2D eigenvalue weighted by molar-refractivity contribution is 5.86. The summed E-state index contributed by atoms with van der Waals surface area (Å²) in [7, 11) is 17.0. The van der Waals surface area contributed by atoms with Crippen LogP contribution in [0.4, 0.5) is 0 Å². The molecule has 0 aromatic carbocycles. The minimum absolute atomic E-state index is 1.00. The fourth-order valence-corrected chi connectivity index (χ4v) is 0.118. The van der Waals surface area contributed by atoms with Crippen molar-refractivity contribution in [1.29, 1.82) is 0 Å². The van der Waals surface area contributed by atoms with Gasteiger partial charge in [0.2, 0.25) is 0 Å². The first-order valence-corrected chi connectivity index (χ1v) is 5.10. The molecule has 0 rings (SSSR count). The Kier molecular flexibility index (Phi) is 11.1. The molecule has 0 aliphatic carbocycles. The summed E-state index contributed by atoms with van der Waals surface area (Å²) in [6.07, 6.45) is -1.03. The van der Waals surface area contributed by atoms with Crippen molar-refractivity contribution in [2.24, 2.45) is 0 Å². The first-order chi connectivity index (χ1) is 7.13. The van der Waals surface area contributed by atoms with E-state index in [2.05, 4.69) is 56.4 Å². The predicted octanol–water partition coefficient (Wildman–Crippen LogP) is -2.48. The Morgan fingerprint density at radius 3 is 0.824 bits per heavy atom. The second kappa shape index (κ2) is 8.95. The molecule has 0 unspecified atom stereocenters. The molecule has 0 aliphatic rings. The van der Waals surface area contributed by atoms with Crippen molar-refractivity contribution in [3.63, 3.8) is 0 Å². The van der Waals surface area contributed by atoms with E-state index in [4.69, 9.17) is 0 Å². The van der Waals surface area contributed by atoms with E-state index in [1.54, 1.807) is 0 Å². The molecule has 0 aromatic rings. The van der Waals surface area contributed by atoms with Crippen LogP contribution in [-0.2, 0) is 9.59 Å². The van der Waals surface area contributed by atoms with Gasteiger partial charge in [0.15, 0.2) is 0 Å². The molecule has 6 nitrogen and oxygen atoms in total. The lowest BCUT2D eigenvalue weighted by molar-refractivity contribution is -0.849. The molecule has 17 heavy (non-hydrogen) atoms. The van der Waals surface area contributed by atoms with Crippen LogP contribution < -0.4 is 10.2 Å². The third-order valence-corrected chi connectivity index (χ3v) is 0.289. The number of quaternary nitrogens is 2. The Morgan fingerprint density at radius 2 is 0.824 bits per heavy atom. The molecule has 104 valence electrons. The minimum Gasteiger partial charge on any atom is -0.550 e. The molecular weight excluding hydrogens is 224 g/mol. The Labute approximate surface area is 104 Å². The van der Waals surface area contributed by atoms with E-state index in [0.717, 1.165) is 8.97 Å². The van der Waals surface area contributed by atoms with Gasteiger partial charge in [-0.1, -0.05) is 0 Å². The molecule has 0 N–H and O–H groups in total. The van der Waals surface area contributed by atoms with Gasteiger partial charge in [-0.25, -0.2) is 0 Å². The highest BCUT2D eigenvalue weighted by Gasteiger charge is 1.88. The topological polar surface area (TPSA) is 80.3 Å². The van der Waals surface area contributed by atoms with Crippen LogP contribution in [0.2, 0.25) is 0 Å². The van der Waals surface area contributed by atoms with Gasteiger partial charge in [-0.05, 0) is 0 Å². The quantitative estimate of drug-likeness (QED) is 0.401. The summed E-state index contributed by atoms with van der Waals surface area (Å²) in [5.41, 5.74) is 0. The standard InChI is InChI=1S/2C4H12N.C3H4O4/c2*1-5(2,3)4;4-2(5)1-3(6)7/h2*1-4H3;1H2,(H,4,5)(H,6,7)/q2*+1;/p-2. The van der Waals surface area contributed by atoms with E-state index in [1.165, 1.54) is 0 Å². The normalized spacial score (nSPS) is 10.4. The zero-order valence-corrected chi connectivity index (χ0v) is 12.2. The molecule has 0 saturated carbocycles. The van der Waals surface area contributed by atoms with Crippen LogP contribution in [0.5, 0.6) is 0 Å². The summed E-state index contributed by atoms with van der Waals surface area (Å²) < 4.78 is 2.00. The lowest BCUT2D eigenvalue weighted by Crippen LogP contribution is -2.32. The van der Waals surface area contributed by atoms with Crippen molar-refractivity contribution in [2.45, 2.75) is 6.42 Å². The lowest BCUT2D eigenvalue weighted by Gasteiger charge is -2.14. The van der Waals surface area contributed by atoms with Crippen molar-refractivity contribution in [3.05, 3.63) is 0 Å². The van der Waals surface area contributed by atoms with E-state index in [0.29, 0.717) is 0 Å². The molecule has 0 radical (unpaired) electrons. The van der Waals surface area contributed by atoms with Crippen LogP contribution in [0, 0.1) is 0 Å². The minimum atomic E-state index is -1.63. The summed E-state index contributed by atoms with van der Waals surface area (Å²) in [6, 6.07) is 0. The summed E-state index contributed by atoms with van der Waals surface area (Å²) in [4.78, 5) is 18.6. The number of carboxylic acid groups (broad SMARTS) is 2. The first-order valence-electron chi connectivity index (χ1n) is 5.10. The fourth-order valence-electron chi connectivity index (χ4n) is 0.118. The number of nitrogens with zero attached hydrogens (tertiary/aromatic N) is 2. The second-order valence-electron chi connectivity index (χ2n) is 6.29. The third-order valence-electron chi connectivity index (χ3n) is 0.289. The van der Waals surface area contributed by atoms with E-state index in [1.807, 2.05) is 0 Å². The maximum atomic E-state index is 9.28. The molecule has 0 amide bonds. The number of rotatable bonds is 2. The molecule has 0 aromatic heterocycles. The van der Waals surface area contributed by atoms with Gasteiger partial charge in [0.1, 0.15) is 0 Å². The monoisotopic (exact) mass is 250 g/mol. The molecular formula is C11H26N2O4. The van der Waals surface area contributed by atoms with Crippen LogP contribution in [-0.4, -0.2) is 77.3 Å². The van der Waals surface area contributed by atoms with E-state index in [-0.39, 0.29) is 0 Å². The third kappa shape index (κ3) is 300. The Morgan fingerprint density at radius 1 is 0.706 bits per heavy atom. The molecule has 0 bridgehead atoms. The van der Waals surface area contributed by atoms with Crippen molar-refractivity contribution >= 4 is 11.9 Å². The van der Waals surface area contributed by atoms with Gasteiger partial charge < -0.3 is 28.8 Å². The SMILES string of the molecule is C[N+](C)(C)C.C[N+](C)(C)C.O=C([O-])CC(=O)[O-]. The fraction of sp³-hybridized carbons (Fsp3) is 0.818. The van der Waals surface area contributed by atoms with Gasteiger partial charge in [-0.3, -0.25) is 0 Å². The number of carboxylic acids is 2. The average molecular weight is 250 g/mol. The van der Waals surface area contributed by atoms with E-state index >= 15 is 0 Å². The number of carbonyl (C=O) groups excluding carboxylic acids is 2. The first kappa shape index (κ1) is 21.2. The maximum absolute atomic E-state index is 9.28. The molecule has 0 aliphatic heterocycles. The Balaban J connectivity index is -0.000000177. The zero-order valence-electron chi connectivity index (χ0n) is 12.2. The van der Waals surface area contributed by atoms with Crippen LogP contribution in [0.3, 0.4) is 0 Å². The highest BCUT2D eigenvalue weighted by Crippen LogP contribution is 1.74. The number of hydrogen-bond donors (Lipinski definition) is 0. The number of aliphatic carboxylic acids is 2. The largest absolute Gasteiger partial charge is 0.550 e. The molecule has 0 heterocycles. The Bertz CT molecular complexity index is 191.